The Morgan fingerprint density at radius 2 is 2.21 bits per heavy atom. The van der Waals surface area contributed by atoms with Gasteiger partial charge >= 0.3 is 12.0 Å². The number of carboxylic acids is 1. The van der Waals surface area contributed by atoms with Crippen molar-refractivity contribution in [3.8, 4) is 0 Å². The molecule has 0 saturated heterocycles. The first kappa shape index (κ1) is 15.8. The molecule has 0 aromatic rings. The van der Waals surface area contributed by atoms with Gasteiger partial charge in [0.25, 0.3) is 0 Å². The number of nitrogens with one attached hydrogen (secondary N) is 2. The lowest BCUT2D eigenvalue weighted by molar-refractivity contribution is -0.148. The molecular formula is C13H24N2O4. The first-order valence-corrected chi connectivity index (χ1v) is 6.67. The van der Waals surface area contributed by atoms with Crippen molar-refractivity contribution in [3.63, 3.8) is 0 Å². The summed E-state index contributed by atoms with van der Waals surface area (Å²) in [6.45, 7) is 4.76. The summed E-state index contributed by atoms with van der Waals surface area (Å²) in [6, 6.07) is -0.606. The Balaban J connectivity index is 2.42. The van der Waals surface area contributed by atoms with Gasteiger partial charge < -0.3 is 20.5 Å². The molecule has 1 saturated carbocycles. The minimum Gasteiger partial charge on any atom is -0.481 e. The maximum Gasteiger partial charge on any atom is 0.315 e. The summed E-state index contributed by atoms with van der Waals surface area (Å²) in [4.78, 5) is 23.0. The molecule has 0 spiro atoms. The van der Waals surface area contributed by atoms with Crippen molar-refractivity contribution in [2.75, 3.05) is 20.3 Å². The van der Waals surface area contributed by atoms with E-state index in [4.69, 9.17) is 4.74 Å². The maximum atomic E-state index is 11.8. The Hall–Kier alpha value is -1.30. The van der Waals surface area contributed by atoms with Crippen molar-refractivity contribution in [2.24, 2.45) is 11.3 Å². The zero-order valence-corrected chi connectivity index (χ0v) is 11.9. The topological polar surface area (TPSA) is 87.7 Å². The summed E-state index contributed by atoms with van der Waals surface area (Å²) in [5.74, 6) is -0.617. The van der Waals surface area contributed by atoms with E-state index in [9.17, 15) is 14.7 Å². The molecule has 1 aliphatic rings. The highest BCUT2D eigenvalue weighted by molar-refractivity contribution is 5.79. The normalized spacial score (nSPS) is 27.8. The van der Waals surface area contributed by atoms with E-state index in [2.05, 4.69) is 10.6 Å². The second kappa shape index (κ2) is 6.75. The molecule has 2 amide bonds. The minimum atomic E-state index is -0.852. The van der Waals surface area contributed by atoms with Gasteiger partial charge in [-0.1, -0.05) is 13.3 Å². The van der Waals surface area contributed by atoms with Crippen molar-refractivity contribution >= 4 is 12.0 Å². The Bertz CT molecular complexity index is 335. The smallest absolute Gasteiger partial charge is 0.315 e. The van der Waals surface area contributed by atoms with Crippen LogP contribution in [0.2, 0.25) is 0 Å². The van der Waals surface area contributed by atoms with Crippen molar-refractivity contribution in [1.82, 2.24) is 10.6 Å². The van der Waals surface area contributed by atoms with Gasteiger partial charge in [0.1, 0.15) is 0 Å². The molecule has 3 N–H and O–H groups in total. The molecule has 1 aliphatic carbocycles. The third-order valence-electron chi connectivity index (χ3n) is 3.81. The highest BCUT2D eigenvalue weighted by atomic mass is 16.5. The van der Waals surface area contributed by atoms with Crippen LogP contribution in [0.25, 0.3) is 0 Å². The van der Waals surface area contributed by atoms with Gasteiger partial charge in [0.2, 0.25) is 0 Å². The predicted molar refractivity (Wildman–Crippen MR) is 71.0 cm³/mol. The Morgan fingerprint density at radius 1 is 1.53 bits per heavy atom. The largest absolute Gasteiger partial charge is 0.481 e. The number of urea groups is 1. The Labute approximate surface area is 113 Å². The molecule has 3 unspecified atom stereocenters. The van der Waals surface area contributed by atoms with Gasteiger partial charge in [0.15, 0.2) is 0 Å². The van der Waals surface area contributed by atoms with Crippen molar-refractivity contribution in [3.05, 3.63) is 0 Å². The minimum absolute atomic E-state index is 0.227. The lowest BCUT2D eigenvalue weighted by Crippen LogP contribution is -2.50. The van der Waals surface area contributed by atoms with Crippen molar-refractivity contribution in [1.29, 1.82) is 0 Å². The van der Waals surface area contributed by atoms with Crippen LogP contribution in [0.5, 0.6) is 0 Å². The number of methoxy groups -OCH3 is 1. The Morgan fingerprint density at radius 3 is 2.79 bits per heavy atom. The first-order valence-electron chi connectivity index (χ1n) is 6.67. The van der Waals surface area contributed by atoms with Crippen LogP contribution in [0.4, 0.5) is 4.79 Å². The second-order valence-electron chi connectivity index (χ2n) is 5.58. The number of hydrogen-bond donors (Lipinski definition) is 3. The molecule has 1 fully saturated rings. The average molecular weight is 272 g/mol. The van der Waals surface area contributed by atoms with Crippen LogP contribution in [0, 0.1) is 11.3 Å². The van der Waals surface area contributed by atoms with E-state index >= 15 is 0 Å². The molecule has 110 valence electrons. The van der Waals surface area contributed by atoms with Gasteiger partial charge in [0.05, 0.1) is 12.0 Å². The van der Waals surface area contributed by atoms with E-state index in [1.165, 1.54) is 0 Å². The fourth-order valence-corrected chi connectivity index (χ4v) is 2.47. The zero-order valence-electron chi connectivity index (χ0n) is 11.9. The molecule has 0 bridgehead atoms. The summed E-state index contributed by atoms with van der Waals surface area (Å²) >= 11 is 0. The fourth-order valence-electron chi connectivity index (χ4n) is 2.47. The number of hydrogen-bond acceptors (Lipinski definition) is 3. The zero-order chi connectivity index (χ0) is 14.5. The monoisotopic (exact) mass is 272 g/mol. The summed E-state index contributed by atoms with van der Waals surface area (Å²) in [6.07, 6.45) is 2.14. The lowest BCUT2D eigenvalue weighted by Gasteiger charge is -2.27. The lowest BCUT2D eigenvalue weighted by atomic mass is 9.85. The fraction of sp³-hybridized carbons (Fsp3) is 0.846. The number of carboxylic acid groups (broad SMARTS) is 1. The third-order valence-corrected chi connectivity index (χ3v) is 3.81. The van der Waals surface area contributed by atoms with Crippen molar-refractivity contribution < 1.29 is 19.4 Å². The maximum absolute atomic E-state index is 11.8. The van der Waals surface area contributed by atoms with E-state index in [0.717, 1.165) is 6.42 Å². The van der Waals surface area contributed by atoms with Gasteiger partial charge in [-0.05, 0) is 25.7 Å². The number of ether oxygens (including phenoxy) is 1. The summed E-state index contributed by atoms with van der Waals surface area (Å²) in [5, 5.41) is 14.8. The standard InChI is InChI=1S/C13H24N2O4/c1-9(8-19-3)7-14-12(18)15-10-5-4-6-13(10,2)11(16)17/h9-10H,4-8H2,1-3H3,(H,16,17)(H2,14,15,18). The molecule has 0 aromatic heterocycles. The number of aliphatic carboxylic acids is 1. The van der Waals surface area contributed by atoms with Crippen LogP contribution in [0.3, 0.4) is 0 Å². The van der Waals surface area contributed by atoms with E-state index in [1.54, 1.807) is 14.0 Å². The van der Waals surface area contributed by atoms with Gasteiger partial charge in [-0.2, -0.15) is 0 Å². The van der Waals surface area contributed by atoms with Gasteiger partial charge in [-0.25, -0.2) is 4.79 Å². The number of carbonyl (C=O) groups is 2. The van der Waals surface area contributed by atoms with E-state index < -0.39 is 11.4 Å². The predicted octanol–water partition coefficient (Wildman–Crippen LogP) is 1.21. The Kier molecular flexibility index (Phi) is 5.60. The first-order chi connectivity index (χ1) is 8.90. The van der Waals surface area contributed by atoms with Crippen LogP contribution in [0.15, 0.2) is 0 Å². The summed E-state index contributed by atoms with van der Waals surface area (Å²) in [5.41, 5.74) is -0.852. The quantitative estimate of drug-likeness (QED) is 0.678. The van der Waals surface area contributed by atoms with E-state index in [1.807, 2.05) is 6.92 Å². The number of amides is 2. The van der Waals surface area contributed by atoms with E-state index in [-0.39, 0.29) is 18.0 Å². The number of rotatable bonds is 6. The van der Waals surface area contributed by atoms with Crippen molar-refractivity contribution in [2.45, 2.75) is 39.2 Å². The van der Waals surface area contributed by atoms with Gasteiger partial charge in [0, 0.05) is 19.7 Å². The van der Waals surface area contributed by atoms with Crippen LogP contribution < -0.4 is 10.6 Å². The highest BCUT2D eigenvalue weighted by Crippen LogP contribution is 2.38. The van der Waals surface area contributed by atoms with Gasteiger partial charge in [-0.15, -0.1) is 0 Å². The van der Waals surface area contributed by atoms with E-state index in [0.29, 0.717) is 26.0 Å². The molecule has 6 nitrogen and oxygen atoms in total. The van der Waals surface area contributed by atoms with Crippen LogP contribution in [-0.4, -0.2) is 43.4 Å². The molecule has 0 radical (unpaired) electrons. The third kappa shape index (κ3) is 4.09. The molecule has 0 aliphatic heterocycles. The number of carbonyl (C=O) groups excluding carboxylic acids is 1. The van der Waals surface area contributed by atoms with Crippen LogP contribution in [0.1, 0.15) is 33.1 Å². The van der Waals surface area contributed by atoms with Crippen LogP contribution in [-0.2, 0) is 9.53 Å². The molecule has 3 atom stereocenters. The molecule has 0 heterocycles. The van der Waals surface area contributed by atoms with Gasteiger partial charge in [-0.3, -0.25) is 4.79 Å². The molecule has 6 heteroatoms. The average Bonchev–Trinajstić information content (AvgIpc) is 2.70. The molecule has 19 heavy (non-hydrogen) atoms. The van der Waals surface area contributed by atoms with Crippen LogP contribution >= 0.6 is 0 Å². The molecular weight excluding hydrogens is 248 g/mol. The summed E-state index contributed by atoms with van der Waals surface area (Å²) in [7, 11) is 1.62. The highest BCUT2D eigenvalue weighted by Gasteiger charge is 2.45. The molecule has 0 aromatic carbocycles. The SMILES string of the molecule is COCC(C)CNC(=O)NC1CCCC1(C)C(=O)O. The summed E-state index contributed by atoms with van der Waals surface area (Å²) < 4.78 is 4.98. The molecule has 1 rings (SSSR count). The second-order valence-corrected chi connectivity index (χ2v) is 5.58.